The fraction of sp³-hybridized carbons (Fsp3) is 0.0833. The molecular formula is C24H21N5O. The summed E-state index contributed by atoms with van der Waals surface area (Å²) in [5.41, 5.74) is 7.79. The average molecular weight is 395 g/mol. The summed E-state index contributed by atoms with van der Waals surface area (Å²) < 4.78 is 1.81. The summed E-state index contributed by atoms with van der Waals surface area (Å²) in [6.45, 7) is 2.13. The summed E-state index contributed by atoms with van der Waals surface area (Å²) in [6, 6.07) is 21.6. The first-order valence-electron chi connectivity index (χ1n) is 9.72. The van der Waals surface area contributed by atoms with E-state index in [0.29, 0.717) is 5.56 Å². The molecule has 2 aromatic carbocycles. The highest BCUT2D eigenvalue weighted by atomic mass is 16.2. The number of hydrazone groups is 1. The number of pyridine rings is 1. The second kappa shape index (κ2) is 8.96. The van der Waals surface area contributed by atoms with Crippen molar-refractivity contribution in [3.05, 3.63) is 102 Å². The highest BCUT2D eigenvalue weighted by molar-refractivity contribution is 5.95. The maximum atomic E-state index is 12.2. The lowest BCUT2D eigenvalue weighted by molar-refractivity contribution is 0.0955. The lowest BCUT2D eigenvalue weighted by Crippen LogP contribution is -2.17. The molecular weight excluding hydrogens is 374 g/mol. The number of aromatic nitrogens is 3. The van der Waals surface area contributed by atoms with Crippen LogP contribution in [0, 0.1) is 0 Å². The highest BCUT2D eigenvalue weighted by Crippen LogP contribution is 2.23. The molecule has 0 unspecified atom stereocenters. The van der Waals surface area contributed by atoms with Gasteiger partial charge in [-0.2, -0.15) is 10.2 Å². The quantitative estimate of drug-likeness (QED) is 0.392. The van der Waals surface area contributed by atoms with Crippen LogP contribution in [0.3, 0.4) is 0 Å². The monoisotopic (exact) mass is 395 g/mol. The van der Waals surface area contributed by atoms with Crippen molar-refractivity contribution in [3.8, 4) is 16.9 Å². The van der Waals surface area contributed by atoms with Gasteiger partial charge in [0.1, 0.15) is 5.69 Å². The van der Waals surface area contributed by atoms with E-state index in [0.717, 1.165) is 28.9 Å². The Morgan fingerprint density at radius 1 is 1.07 bits per heavy atom. The normalized spacial score (nSPS) is 11.0. The zero-order valence-electron chi connectivity index (χ0n) is 16.6. The van der Waals surface area contributed by atoms with Crippen LogP contribution < -0.4 is 5.43 Å². The van der Waals surface area contributed by atoms with E-state index in [9.17, 15) is 4.79 Å². The number of aryl methyl sites for hydroxylation is 1. The number of hydrogen-bond donors (Lipinski definition) is 1. The van der Waals surface area contributed by atoms with Crippen LogP contribution in [0.15, 0.2) is 90.4 Å². The molecule has 0 aliphatic rings. The first-order valence-corrected chi connectivity index (χ1v) is 9.72. The second-order valence-electron chi connectivity index (χ2n) is 6.70. The van der Waals surface area contributed by atoms with E-state index in [-0.39, 0.29) is 5.91 Å². The van der Waals surface area contributed by atoms with Crippen LogP contribution in [-0.4, -0.2) is 26.9 Å². The Morgan fingerprint density at radius 2 is 1.87 bits per heavy atom. The summed E-state index contributed by atoms with van der Waals surface area (Å²) in [5.74, 6) is -0.316. The van der Waals surface area contributed by atoms with Crippen LogP contribution in [0.4, 0.5) is 0 Å². The SMILES string of the molecule is CCc1ccc(-c2nn(-c3ccccc3)cc2/C=N\NC(=O)c2cccnc2)cc1. The molecule has 0 aliphatic heterocycles. The van der Waals surface area contributed by atoms with E-state index in [4.69, 9.17) is 5.10 Å². The third-order valence-corrected chi connectivity index (χ3v) is 4.69. The van der Waals surface area contributed by atoms with Crippen molar-refractivity contribution in [1.82, 2.24) is 20.2 Å². The maximum absolute atomic E-state index is 12.2. The topological polar surface area (TPSA) is 72.2 Å². The second-order valence-corrected chi connectivity index (χ2v) is 6.70. The molecule has 0 spiro atoms. The molecule has 148 valence electrons. The fourth-order valence-electron chi connectivity index (χ4n) is 3.04. The molecule has 6 heteroatoms. The molecule has 0 radical (unpaired) electrons. The van der Waals surface area contributed by atoms with Gasteiger partial charge in [0.2, 0.25) is 0 Å². The number of nitrogens with one attached hydrogen (secondary N) is 1. The van der Waals surface area contributed by atoms with Crippen molar-refractivity contribution in [2.45, 2.75) is 13.3 Å². The van der Waals surface area contributed by atoms with E-state index in [2.05, 4.69) is 46.7 Å². The van der Waals surface area contributed by atoms with Crippen LogP contribution in [0.2, 0.25) is 0 Å². The zero-order valence-corrected chi connectivity index (χ0v) is 16.6. The van der Waals surface area contributed by atoms with Crippen molar-refractivity contribution in [3.63, 3.8) is 0 Å². The number of hydrogen-bond acceptors (Lipinski definition) is 4. The Morgan fingerprint density at radius 3 is 2.57 bits per heavy atom. The molecule has 0 bridgehead atoms. The minimum Gasteiger partial charge on any atom is -0.267 e. The average Bonchev–Trinajstić information content (AvgIpc) is 3.24. The van der Waals surface area contributed by atoms with Crippen LogP contribution in [0.5, 0.6) is 0 Å². The van der Waals surface area contributed by atoms with Crippen LogP contribution in [-0.2, 0) is 6.42 Å². The van der Waals surface area contributed by atoms with E-state index in [1.807, 2.05) is 41.2 Å². The predicted molar refractivity (Wildman–Crippen MR) is 118 cm³/mol. The van der Waals surface area contributed by atoms with Gasteiger partial charge in [-0.15, -0.1) is 0 Å². The molecule has 0 atom stereocenters. The van der Waals surface area contributed by atoms with E-state index in [1.54, 1.807) is 24.5 Å². The lowest BCUT2D eigenvalue weighted by atomic mass is 10.1. The van der Waals surface area contributed by atoms with Crippen molar-refractivity contribution in [2.24, 2.45) is 5.10 Å². The van der Waals surface area contributed by atoms with Gasteiger partial charge >= 0.3 is 0 Å². The van der Waals surface area contributed by atoms with Gasteiger partial charge in [-0.05, 0) is 36.2 Å². The van der Waals surface area contributed by atoms with Crippen molar-refractivity contribution in [2.75, 3.05) is 0 Å². The molecule has 6 nitrogen and oxygen atoms in total. The van der Waals surface area contributed by atoms with Gasteiger partial charge in [-0.3, -0.25) is 9.78 Å². The fourth-order valence-corrected chi connectivity index (χ4v) is 3.04. The number of carbonyl (C=O) groups excluding carboxylic acids is 1. The van der Waals surface area contributed by atoms with E-state index >= 15 is 0 Å². The minimum absolute atomic E-state index is 0.316. The molecule has 4 aromatic rings. The third kappa shape index (κ3) is 4.33. The van der Waals surface area contributed by atoms with Gasteiger partial charge in [-0.1, -0.05) is 49.4 Å². The Hall–Kier alpha value is -4.06. The summed E-state index contributed by atoms with van der Waals surface area (Å²) in [7, 11) is 0. The smallest absolute Gasteiger partial charge is 0.267 e. The largest absolute Gasteiger partial charge is 0.272 e. The first kappa shape index (κ1) is 19.3. The molecule has 30 heavy (non-hydrogen) atoms. The van der Waals surface area contributed by atoms with Crippen LogP contribution >= 0.6 is 0 Å². The number of para-hydroxylation sites is 1. The van der Waals surface area contributed by atoms with Crippen molar-refractivity contribution >= 4 is 12.1 Å². The van der Waals surface area contributed by atoms with Crippen LogP contribution in [0.25, 0.3) is 16.9 Å². The molecule has 1 amide bonds. The molecule has 0 saturated heterocycles. The van der Waals surface area contributed by atoms with Crippen molar-refractivity contribution in [1.29, 1.82) is 0 Å². The summed E-state index contributed by atoms with van der Waals surface area (Å²) in [5, 5.41) is 8.90. The summed E-state index contributed by atoms with van der Waals surface area (Å²) in [6.07, 6.45) is 7.61. The van der Waals surface area contributed by atoms with Gasteiger partial charge < -0.3 is 0 Å². The molecule has 2 heterocycles. The Labute approximate surface area is 174 Å². The Kier molecular flexibility index (Phi) is 5.75. The van der Waals surface area contributed by atoms with E-state index in [1.165, 1.54) is 11.8 Å². The number of benzene rings is 2. The number of rotatable bonds is 6. The zero-order chi connectivity index (χ0) is 20.8. The molecule has 4 rings (SSSR count). The molecule has 1 N–H and O–H groups in total. The Balaban J connectivity index is 1.64. The number of nitrogens with zero attached hydrogens (tertiary/aromatic N) is 4. The molecule has 0 aliphatic carbocycles. The van der Waals surface area contributed by atoms with Gasteiger partial charge in [0, 0.05) is 29.7 Å². The van der Waals surface area contributed by atoms with Crippen LogP contribution in [0.1, 0.15) is 28.4 Å². The van der Waals surface area contributed by atoms with Gasteiger partial charge in [-0.25, -0.2) is 10.1 Å². The summed E-state index contributed by atoms with van der Waals surface area (Å²) in [4.78, 5) is 16.2. The first-order chi connectivity index (χ1) is 14.7. The van der Waals surface area contributed by atoms with Crippen molar-refractivity contribution < 1.29 is 4.79 Å². The van der Waals surface area contributed by atoms with Gasteiger partial charge in [0.05, 0.1) is 17.5 Å². The minimum atomic E-state index is -0.316. The summed E-state index contributed by atoms with van der Waals surface area (Å²) >= 11 is 0. The Bertz CT molecular complexity index is 1150. The molecule has 0 fully saturated rings. The highest BCUT2D eigenvalue weighted by Gasteiger charge is 2.11. The van der Waals surface area contributed by atoms with E-state index < -0.39 is 0 Å². The van der Waals surface area contributed by atoms with Gasteiger partial charge in [0.25, 0.3) is 5.91 Å². The molecule has 0 saturated carbocycles. The standard InChI is InChI=1S/C24H21N5O/c1-2-18-10-12-19(13-11-18)23-21(17-29(28-23)22-8-4-3-5-9-22)16-26-27-24(30)20-7-6-14-25-15-20/h3-17H,2H2,1H3,(H,27,30)/b26-16-. The molecule has 2 aromatic heterocycles. The number of carbonyl (C=O) groups is 1. The maximum Gasteiger partial charge on any atom is 0.272 e. The predicted octanol–water partition coefficient (Wildman–Crippen LogP) is 4.26. The number of amides is 1. The lowest BCUT2D eigenvalue weighted by Gasteiger charge is -2.02. The third-order valence-electron chi connectivity index (χ3n) is 4.69. The van der Waals surface area contributed by atoms with Gasteiger partial charge in [0.15, 0.2) is 0 Å².